The van der Waals surface area contributed by atoms with Gasteiger partial charge in [-0.15, -0.1) is 0 Å². The van der Waals surface area contributed by atoms with Gasteiger partial charge in [-0.1, -0.05) is 0 Å². The highest BCUT2D eigenvalue weighted by atomic mass is 15.0. The molecule has 1 saturated carbocycles. The van der Waals surface area contributed by atoms with Crippen LogP contribution < -0.4 is 11.1 Å². The van der Waals surface area contributed by atoms with Crippen molar-refractivity contribution in [2.75, 3.05) is 13.1 Å². The molecule has 0 amide bonds. The molecule has 0 radical (unpaired) electrons. The highest BCUT2D eigenvalue weighted by Gasteiger charge is 2.38. The number of hydrogen-bond donors (Lipinski definition) is 2. The molecule has 0 aromatic heterocycles. The fourth-order valence-electron chi connectivity index (χ4n) is 2.30. The van der Waals surface area contributed by atoms with Crippen molar-refractivity contribution in [1.29, 1.82) is 0 Å². The Balaban J connectivity index is 1.94. The summed E-state index contributed by atoms with van der Waals surface area (Å²) in [6.07, 6.45) is 4.11. The molecule has 1 saturated heterocycles. The van der Waals surface area contributed by atoms with Gasteiger partial charge in [0.1, 0.15) is 0 Å². The maximum absolute atomic E-state index is 5.66. The topological polar surface area (TPSA) is 38.0 Å². The van der Waals surface area contributed by atoms with Crippen LogP contribution in [0.5, 0.6) is 0 Å². The zero-order valence-electron chi connectivity index (χ0n) is 6.34. The molecule has 3 unspecified atom stereocenters. The number of rotatable bonds is 1. The van der Waals surface area contributed by atoms with Crippen LogP contribution in [0, 0.1) is 11.8 Å². The van der Waals surface area contributed by atoms with Crippen LogP contribution >= 0.6 is 0 Å². The van der Waals surface area contributed by atoms with Crippen LogP contribution in [0.1, 0.15) is 19.3 Å². The molecule has 2 rings (SSSR count). The largest absolute Gasteiger partial charge is 0.330 e. The maximum Gasteiger partial charge on any atom is 0.00985 e. The Morgan fingerprint density at radius 1 is 1.30 bits per heavy atom. The third kappa shape index (κ3) is 0.867. The molecule has 1 aliphatic carbocycles. The minimum absolute atomic E-state index is 0.833. The lowest BCUT2D eigenvalue weighted by Gasteiger charge is -2.46. The summed E-state index contributed by atoms with van der Waals surface area (Å²) in [5.74, 6) is 1.76. The van der Waals surface area contributed by atoms with Crippen LogP contribution in [-0.4, -0.2) is 19.1 Å². The summed E-state index contributed by atoms with van der Waals surface area (Å²) >= 11 is 0. The maximum atomic E-state index is 5.66. The number of piperidine rings is 1. The van der Waals surface area contributed by atoms with E-state index < -0.39 is 0 Å². The lowest BCUT2D eigenvalue weighted by molar-refractivity contribution is 0.0972. The van der Waals surface area contributed by atoms with Crippen molar-refractivity contribution < 1.29 is 0 Å². The van der Waals surface area contributed by atoms with Gasteiger partial charge in [0, 0.05) is 6.04 Å². The van der Waals surface area contributed by atoms with Gasteiger partial charge in [0.15, 0.2) is 0 Å². The standard InChI is InChI=1S/C8H16N2/c9-5-6-3-4-10-8-2-1-7(6)8/h6-8,10H,1-5,9H2. The third-order valence-corrected chi connectivity index (χ3v) is 3.16. The molecule has 3 N–H and O–H groups in total. The van der Waals surface area contributed by atoms with Crippen LogP contribution in [0.15, 0.2) is 0 Å². The average Bonchev–Trinajstić information content (AvgIpc) is 1.91. The second-order valence-electron chi connectivity index (χ2n) is 3.59. The predicted molar refractivity (Wildman–Crippen MR) is 41.7 cm³/mol. The van der Waals surface area contributed by atoms with Crippen LogP contribution in [0.3, 0.4) is 0 Å². The van der Waals surface area contributed by atoms with Crippen molar-refractivity contribution in [3.8, 4) is 0 Å². The zero-order valence-corrected chi connectivity index (χ0v) is 6.34. The molecule has 0 bridgehead atoms. The summed E-state index contributed by atoms with van der Waals surface area (Å²) < 4.78 is 0. The molecule has 10 heavy (non-hydrogen) atoms. The van der Waals surface area contributed by atoms with E-state index in [0.29, 0.717) is 0 Å². The molecule has 58 valence electrons. The Morgan fingerprint density at radius 3 is 2.70 bits per heavy atom. The molecular formula is C8H16N2. The van der Waals surface area contributed by atoms with E-state index in [1.165, 1.54) is 25.8 Å². The number of nitrogens with two attached hydrogens (primary N) is 1. The van der Waals surface area contributed by atoms with Crippen molar-refractivity contribution in [3.63, 3.8) is 0 Å². The van der Waals surface area contributed by atoms with Crippen molar-refractivity contribution in [2.45, 2.75) is 25.3 Å². The summed E-state index contributed by atoms with van der Waals surface area (Å²) in [6.45, 7) is 2.10. The number of fused-ring (bicyclic) bond motifs is 1. The van der Waals surface area contributed by atoms with Crippen LogP contribution in [-0.2, 0) is 0 Å². The molecule has 2 heteroatoms. The lowest BCUT2D eigenvalue weighted by atomic mass is 9.68. The fourth-order valence-corrected chi connectivity index (χ4v) is 2.30. The minimum Gasteiger partial charge on any atom is -0.330 e. The molecule has 2 aliphatic rings. The van der Waals surface area contributed by atoms with E-state index in [0.717, 1.165) is 24.4 Å². The third-order valence-electron chi connectivity index (χ3n) is 3.16. The van der Waals surface area contributed by atoms with E-state index in [-0.39, 0.29) is 0 Å². The zero-order chi connectivity index (χ0) is 6.97. The van der Waals surface area contributed by atoms with Crippen LogP contribution in [0.25, 0.3) is 0 Å². The van der Waals surface area contributed by atoms with Gasteiger partial charge in [-0.05, 0) is 44.2 Å². The number of nitrogens with one attached hydrogen (secondary N) is 1. The molecule has 2 nitrogen and oxygen atoms in total. The van der Waals surface area contributed by atoms with Crippen molar-refractivity contribution in [1.82, 2.24) is 5.32 Å². The summed E-state index contributed by atoms with van der Waals surface area (Å²) in [7, 11) is 0. The van der Waals surface area contributed by atoms with E-state index in [4.69, 9.17) is 5.73 Å². The highest BCUT2D eigenvalue weighted by molar-refractivity contribution is 4.94. The second-order valence-corrected chi connectivity index (χ2v) is 3.59. The van der Waals surface area contributed by atoms with E-state index >= 15 is 0 Å². The summed E-state index contributed by atoms with van der Waals surface area (Å²) in [6, 6.07) is 0.835. The minimum atomic E-state index is 0.833. The van der Waals surface area contributed by atoms with Crippen LogP contribution in [0.4, 0.5) is 0 Å². The number of hydrogen-bond acceptors (Lipinski definition) is 2. The van der Waals surface area contributed by atoms with E-state index in [1.807, 2.05) is 0 Å². The fraction of sp³-hybridized carbons (Fsp3) is 1.00. The van der Waals surface area contributed by atoms with Gasteiger partial charge < -0.3 is 11.1 Å². The lowest BCUT2D eigenvalue weighted by Crippen LogP contribution is -2.53. The van der Waals surface area contributed by atoms with Gasteiger partial charge in [-0.3, -0.25) is 0 Å². The van der Waals surface area contributed by atoms with Crippen LogP contribution in [0.2, 0.25) is 0 Å². The SMILES string of the molecule is NCC1CCNC2CCC12. The Morgan fingerprint density at radius 2 is 2.20 bits per heavy atom. The first-order valence-corrected chi connectivity index (χ1v) is 4.35. The molecule has 0 aromatic rings. The van der Waals surface area contributed by atoms with Crippen molar-refractivity contribution in [3.05, 3.63) is 0 Å². The summed E-state index contributed by atoms with van der Waals surface area (Å²) in [4.78, 5) is 0. The monoisotopic (exact) mass is 140 g/mol. The van der Waals surface area contributed by atoms with Gasteiger partial charge in [-0.25, -0.2) is 0 Å². The quantitative estimate of drug-likeness (QED) is 0.551. The highest BCUT2D eigenvalue weighted by Crippen LogP contribution is 2.37. The first kappa shape index (κ1) is 6.62. The van der Waals surface area contributed by atoms with Gasteiger partial charge in [0.05, 0.1) is 0 Å². The van der Waals surface area contributed by atoms with E-state index in [1.54, 1.807) is 0 Å². The Kier molecular flexibility index (Phi) is 1.66. The molecule has 0 spiro atoms. The first-order valence-electron chi connectivity index (χ1n) is 4.35. The molecule has 1 aliphatic heterocycles. The Labute approximate surface area is 62.2 Å². The van der Waals surface area contributed by atoms with E-state index in [9.17, 15) is 0 Å². The molecular weight excluding hydrogens is 124 g/mol. The molecule has 3 atom stereocenters. The molecule has 1 heterocycles. The van der Waals surface area contributed by atoms with Gasteiger partial charge in [-0.2, -0.15) is 0 Å². The van der Waals surface area contributed by atoms with E-state index in [2.05, 4.69) is 5.32 Å². The molecule has 0 aromatic carbocycles. The Hall–Kier alpha value is -0.0800. The van der Waals surface area contributed by atoms with Gasteiger partial charge >= 0.3 is 0 Å². The van der Waals surface area contributed by atoms with Crippen molar-refractivity contribution in [2.24, 2.45) is 17.6 Å². The molecule has 2 fully saturated rings. The van der Waals surface area contributed by atoms with Gasteiger partial charge in [0.2, 0.25) is 0 Å². The Bertz CT molecular complexity index is 122. The van der Waals surface area contributed by atoms with Crippen molar-refractivity contribution >= 4 is 0 Å². The smallest absolute Gasteiger partial charge is 0.00985 e. The second kappa shape index (κ2) is 2.51. The average molecular weight is 140 g/mol. The van der Waals surface area contributed by atoms with Gasteiger partial charge in [0.25, 0.3) is 0 Å². The first-order chi connectivity index (χ1) is 4.92. The normalized spacial score (nSPS) is 45.9. The summed E-state index contributed by atoms with van der Waals surface area (Å²) in [5, 5.41) is 3.53. The predicted octanol–water partition coefficient (Wildman–Crippen LogP) is 0.333. The summed E-state index contributed by atoms with van der Waals surface area (Å²) in [5.41, 5.74) is 5.66.